The van der Waals surface area contributed by atoms with E-state index in [-0.39, 0.29) is 17.7 Å². The molecule has 5 heteroatoms. The van der Waals surface area contributed by atoms with E-state index in [0.717, 1.165) is 13.1 Å². The molecule has 2 heterocycles. The minimum absolute atomic E-state index is 0.00666. The molecule has 3 N–H and O–H groups in total. The van der Waals surface area contributed by atoms with Gasteiger partial charge in [-0.15, -0.1) is 0 Å². The molecule has 0 aromatic carbocycles. The standard InChI is InChI=1S/C10H15N3O2/c14-8-1-5(2-12-8)10(15)13-9-6-3-11-4-7(6)9/h5-7,9,11H,1-4H2,(H,12,14)(H,13,15). The third kappa shape index (κ3) is 1.51. The van der Waals surface area contributed by atoms with E-state index in [1.807, 2.05) is 0 Å². The summed E-state index contributed by atoms with van der Waals surface area (Å²) in [5.41, 5.74) is 0. The first kappa shape index (κ1) is 9.15. The number of piperidine rings is 1. The second kappa shape index (κ2) is 3.20. The number of amides is 2. The highest BCUT2D eigenvalue weighted by Crippen LogP contribution is 2.41. The molecule has 2 aliphatic heterocycles. The lowest BCUT2D eigenvalue weighted by atomic mass is 10.1. The number of rotatable bonds is 2. The Labute approximate surface area is 88.0 Å². The van der Waals surface area contributed by atoms with E-state index in [1.165, 1.54) is 0 Å². The van der Waals surface area contributed by atoms with Crippen molar-refractivity contribution in [2.24, 2.45) is 17.8 Å². The summed E-state index contributed by atoms with van der Waals surface area (Å²) in [5, 5.41) is 9.01. The molecule has 2 amide bonds. The molecule has 3 rings (SSSR count). The largest absolute Gasteiger partial charge is 0.355 e. The zero-order valence-electron chi connectivity index (χ0n) is 8.45. The molecule has 3 fully saturated rings. The Morgan fingerprint density at radius 3 is 2.60 bits per heavy atom. The van der Waals surface area contributed by atoms with Crippen LogP contribution in [0.25, 0.3) is 0 Å². The monoisotopic (exact) mass is 209 g/mol. The van der Waals surface area contributed by atoms with Crippen LogP contribution in [0.2, 0.25) is 0 Å². The molecular weight excluding hydrogens is 194 g/mol. The van der Waals surface area contributed by atoms with E-state index in [9.17, 15) is 9.59 Å². The molecule has 82 valence electrons. The quantitative estimate of drug-likeness (QED) is 0.516. The SMILES string of the molecule is O=C1CC(C(=O)NC2C3CNCC32)CN1. The van der Waals surface area contributed by atoms with Gasteiger partial charge in [-0.25, -0.2) is 0 Å². The summed E-state index contributed by atoms with van der Waals surface area (Å²) < 4.78 is 0. The van der Waals surface area contributed by atoms with Crippen LogP contribution in [-0.2, 0) is 9.59 Å². The summed E-state index contributed by atoms with van der Waals surface area (Å²) >= 11 is 0. The Morgan fingerprint density at radius 1 is 1.27 bits per heavy atom. The molecule has 0 bridgehead atoms. The smallest absolute Gasteiger partial charge is 0.225 e. The Hall–Kier alpha value is -1.10. The van der Waals surface area contributed by atoms with Gasteiger partial charge in [0.2, 0.25) is 11.8 Å². The normalized spacial score (nSPS) is 42.3. The van der Waals surface area contributed by atoms with Gasteiger partial charge in [0.25, 0.3) is 0 Å². The number of hydrogen-bond donors (Lipinski definition) is 3. The van der Waals surface area contributed by atoms with Gasteiger partial charge in [0.05, 0.1) is 5.92 Å². The third-order valence-electron chi connectivity index (χ3n) is 3.75. The van der Waals surface area contributed by atoms with Crippen LogP contribution in [0.5, 0.6) is 0 Å². The topological polar surface area (TPSA) is 70.2 Å². The predicted molar refractivity (Wildman–Crippen MR) is 52.9 cm³/mol. The van der Waals surface area contributed by atoms with Crippen molar-refractivity contribution in [1.82, 2.24) is 16.0 Å². The van der Waals surface area contributed by atoms with Crippen molar-refractivity contribution in [3.63, 3.8) is 0 Å². The van der Waals surface area contributed by atoms with Gasteiger partial charge in [0.1, 0.15) is 0 Å². The fourth-order valence-corrected chi connectivity index (χ4v) is 2.71. The van der Waals surface area contributed by atoms with Crippen LogP contribution in [0.4, 0.5) is 0 Å². The highest BCUT2D eigenvalue weighted by molar-refractivity contribution is 5.89. The van der Waals surface area contributed by atoms with E-state index in [2.05, 4.69) is 16.0 Å². The number of fused-ring (bicyclic) bond motifs is 1. The van der Waals surface area contributed by atoms with Gasteiger partial charge in [0, 0.05) is 32.1 Å². The number of hydrogen-bond acceptors (Lipinski definition) is 3. The molecule has 1 aliphatic carbocycles. The molecule has 3 aliphatic rings. The zero-order valence-corrected chi connectivity index (χ0v) is 8.45. The Kier molecular flexibility index (Phi) is 1.95. The van der Waals surface area contributed by atoms with E-state index in [0.29, 0.717) is 30.8 Å². The van der Waals surface area contributed by atoms with Gasteiger partial charge in [-0.3, -0.25) is 9.59 Å². The van der Waals surface area contributed by atoms with Gasteiger partial charge in [-0.1, -0.05) is 0 Å². The van der Waals surface area contributed by atoms with Crippen LogP contribution in [0.3, 0.4) is 0 Å². The van der Waals surface area contributed by atoms with Gasteiger partial charge < -0.3 is 16.0 Å². The predicted octanol–water partition coefficient (Wildman–Crippen LogP) is -1.54. The maximum atomic E-state index is 11.7. The van der Waals surface area contributed by atoms with Crippen molar-refractivity contribution < 1.29 is 9.59 Å². The van der Waals surface area contributed by atoms with Crippen molar-refractivity contribution in [2.45, 2.75) is 12.5 Å². The first-order valence-electron chi connectivity index (χ1n) is 5.53. The minimum Gasteiger partial charge on any atom is -0.355 e. The first-order valence-corrected chi connectivity index (χ1v) is 5.53. The van der Waals surface area contributed by atoms with E-state index < -0.39 is 0 Å². The Morgan fingerprint density at radius 2 is 2.00 bits per heavy atom. The summed E-state index contributed by atoms with van der Waals surface area (Å²) in [5.74, 6) is 1.17. The molecule has 3 atom stereocenters. The van der Waals surface area contributed by atoms with Gasteiger partial charge in [0.15, 0.2) is 0 Å². The molecule has 15 heavy (non-hydrogen) atoms. The van der Waals surface area contributed by atoms with Crippen molar-refractivity contribution >= 4 is 11.8 Å². The van der Waals surface area contributed by atoms with E-state index in [4.69, 9.17) is 0 Å². The average Bonchev–Trinajstić information content (AvgIpc) is 2.66. The second-order valence-corrected chi connectivity index (χ2v) is 4.73. The minimum atomic E-state index is -0.146. The van der Waals surface area contributed by atoms with Gasteiger partial charge in [-0.05, 0) is 11.8 Å². The Bertz CT molecular complexity index is 308. The second-order valence-electron chi connectivity index (χ2n) is 4.73. The molecule has 5 nitrogen and oxygen atoms in total. The third-order valence-corrected chi connectivity index (χ3v) is 3.75. The fraction of sp³-hybridized carbons (Fsp3) is 0.800. The molecule has 3 unspecified atom stereocenters. The number of nitrogens with one attached hydrogen (secondary N) is 3. The summed E-state index contributed by atoms with van der Waals surface area (Å²) in [4.78, 5) is 22.7. The van der Waals surface area contributed by atoms with E-state index >= 15 is 0 Å². The average molecular weight is 209 g/mol. The summed E-state index contributed by atoms with van der Waals surface area (Å²) in [6, 6.07) is 0.370. The zero-order chi connectivity index (χ0) is 10.4. The lowest BCUT2D eigenvalue weighted by molar-refractivity contribution is -0.126. The summed E-state index contributed by atoms with van der Waals surface area (Å²) in [6.45, 7) is 2.56. The molecule has 0 spiro atoms. The van der Waals surface area contributed by atoms with Crippen LogP contribution < -0.4 is 16.0 Å². The van der Waals surface area contributed by atoms with Crippen LogP contribution in [0.15, 0.2) is 0 Å². The van der Waals surface area contributed by atoms with Gasteiger partial charge >= 0.3 is 0 Å². The van der Waals surface area contributed by atoms with E-state index in [1.54, 1.807) is 0 Å². The highest BCUT2D eigenvalue weighted by Gasteiger charge is 2.54. The molecule has 0 aromatic heterocycles. The molecule has 1 saturated carbocycles. The molecule has 2 saturated heterocycles. The van der Waals surface area contributed by atoms with Crippen LogP contribution >= 0.6 is 0 Å². The summed E-state index contributed by atoms with van der Waals surface area (Å²) in [6.07, 6.45) is 0.353. The van der Waals surface area contributed by atoms with Crippen LogP contribution in [0, 0.1) is 17.8 Å². The van der Waals surface area contributed by atoms with Crippen molar-refractivity contribution in [3.8, 4) is 0 Å². The van der Waals surface area contributed by atoms with Crippen molar-refractivity contribution in [2.75, 3.05) is 19.6 Å². The summed E-state index contributed by atoms with van der Waals surface area (Å²) in [7, 11) is 0. The van der Waals surface area contributed by atoms with Crippen molar-refractivity contribution in [1.29, 1.82) is 0 Å². The number of carbonyl (C=O) groups is 2. The van der Waals surface area contributed by atoms with Gasteiger partial charge in [-0.2, -0.15) is 0 Å². The van der Waals surface area contributed by atoms with Crippen molar-refractivity contribution in [3.05, 3.63) is 0 Å². The molecular formula is C10H15N3O2. The lowest BCUT2D eigenvalue weighted by Crippen LogP contribution is -2.37. The lowest BCUT2D eigenvalue weighted by Gasteiger charge is -2.10. The van der Waals surface area contributed by atoms with Crippen LogP contribution in [0.1, 0.15) is 6.42 Å². The maximum absolute atomic E-state index is 11.7. The fourth-order valence-electron chi connectivity index (χ4n) is 2.71. The molecule has 0 aromatic rings. The van der Waals surface area contributed by atoms with Crippen LogP contribution in [-0.4, -0.2) is 37.5 Å². The highest BCUT2D eigenvalue weighted by atomic mass is 16.2. The first-order chi connectivity index (χ1) is 7.25. The maximum Gasteiger partial charge on any atom is 0.225 e. The Balaban J connectivity index is 1.52. The molecule has 0 radical (unpaired) electrons. The number of carbonyl (C=O) groups excluding carboxylic acids is 2.